The van der Waals surface area contributed by atoms with Crippen molar-refractivity contribution in [3.63, 3.8) is 0 Å². The van der Waals surface area contributed by atoms with E-state index in [9.17, 15) is 9.18 Å². The third kappa shape index (κ3) is 2.01. The molecule has 2 atom stereocenters. The van der Waals surface area contributed by atoms with Gasteiger partial charge in [-0.25, -0.2) is 4.39 Å². The van der Waals surface area contributed by atoms with E-state index in [4.69, 9.17) is 4.74 Å². The van der Waals surface area contributed by atoms with E-state index in [2.05, 4.69) is 0 Å². The Kier molecular flexibility index (Phi) is 2.71. The van der Waals surface area contributed by atoms with Gasteiger partial charge in [-0.2, -0.15) is 0 Å². The molecule has 0 radical (unpaired) electrons. The van der Waals surface area contributed by atoms with Crippen molar-refractivity contribution >= 4 is 5.97 Å². The molecule has 1 saturated heterocycles. The van der Waals surface area contributed by atoms with Gasteiger partial charge in [0.05, 0.1) is 12.5 Å². The summed E-state index contributed by atoms with van der Waals surface area (Å²) in [6.07, 6.45) is 0.869. The minimum atomic E-state index is -0.282. The van der Waals surface area contributed by atoms with Gasteiger partial charge in [0.25, 0.3) is 0 Å². The minimum absolute atomic E-state index is 0.194. The summed E-state index contributed by atoms with van der Waals surface area (Å²) in [5, 5.41) is 0. The van der Waals surface area contributed by atoms with E-state index in [0.717, 1.165) is 12.0 Å². The fourth-order valence-corrected chi connectivity index (χ4v) is 1.97. The smallest absolute Gasteiger partial charge is 0.313 e. The zero-order chi connectivity index (χ0) is 10.8. The largest absolute Gasteiger partial charge is 0.465 e. The maximum atomic E-state index is 12.7. The summed E-state index contributed by atoms with van der Waals surface area (Å²) in [7, 11) is 0. The summed E-state index contributed by atoms with van der Waals surface area (Å²) in [5.74, 6) is -0.452. The fraction of sp³-hybridized carbons (Fsp3) is 0.417. The van der Waals surface area contributed by atoms with Gasteiger partial charge in [-0.3, -0.25) is 4.79 Å². The third-order valence-electron chi connectivity index (χ3n) is 2.87. The second kappa shape index (κ2) is 4.01. The Balaban J connectivity index is 2.27. The van der Waals surface area contributed by atoms with Crippen LogP contribution in [0.15, 0.2) is 24.3 Å². The molecule has 2 nitrogen and oxygen atoms in total. The second-order valence-corrected chi connectivity index (χ2v) is 3.96. The Bertz CT molecular complexity index is 358. The maximum Gasteiger partial charge on any atom is 0.313 e. The van der Waals surface area contributed by atoms with E-state index in [-0.39, 0.29) is 23.6 Å². The van der Waals surface area contributed by atoms with E-state index in [0.29, 0.717) is 6.61 Å². The SMILES string of the molecule is C[C@@H]1CCOC(=O)[C@H]1c1ccc(F)cc1. The van der Waals surface area contributed by atoms with Gasteiger partial charge in [0.2, 0.25) is 0 Å². The first-order valence-corrected chi connectivity index (χ1v) is 5.10. The Labute approximate surface area is 88.1 Å². The number of carbonyl (C=O) groups is 1. The molecule has 1 fully saturated rings. The number of hydrogen-bond donors (Lipinski definition) is 0. The first-order valence-electron chi connectivity index (χ1n) is 5.10. The lowest BCUT2D eigenvalue weighted by molar-refractivity contribution is -0.151. The summed E-state index contributed by atoms with van der Waals surface area (Å²) in [5.41, 5.74) is 0.841. The molecule has 1 aromatic carbocycles. The number of ether oxygens (including phenoxy) is 1. The van der Waals surface area contributed by atoms with Gasteiger partial charge < -0.3 is 4.74 Å². The number of halogens is 1. The first-order chi connectivity index (χ1) is 7.18. The summed E-state index contributed by atoms with van der Waals surface area (Å²) >= 11 is 0. The van der Waals surface area contributed by atoms with Crippen LogP contribution < -0.4 is 0 Å². The average Bonchev–Trinajstić information content (AvgIpc) is 2.20. The molecule has 0 amide bonds. The van der Waals surface area contributed by atoms with E-state index in [1.54, 1.807) is 12.1 Å². The van der Waals surface area contributed by atoms with Crippen LogP contribution in [0.3, 0.4) is 0 Å². The highest BCUT2D eigenvalue weighted by Crippen LogP contribution is 2.31. The molecular formula is C12H13FO2. The van der Waals surface area contributed by atoms with Crippen LogP contribution in [0.5, 0.6) is 0 Å². The zero-order valence-electron chi connectivity index (χ0n) is 8.57. The number of carbonyl (C=O) groups excluding carboxylic acids is 1. The lowest BCUT2D eigenvalue weighted by Gasteiger charge is -2.27. The molecule has 0 spiro atoms. The standard InChI is InChI=1S/C12H13FO2/c1-8-6-7-15-12(14)11(8)9-2-4-10(13)5-3-9/h2-5,8,11H,6-7H2,1H3/t8-,11-/m1/s1. The van der Waals surface area contributed by atoms with Crippen LogP contribution in [0.4, 0.5) is 4.39 Å². The molecule has 3 heteroatoms. The minimum Gasteiger partial charge on any atom is -0.465 e. The molecule has 0 aromatic heterocycles. The fourth-order valence-electron chi connectivity index (χ4n) is 1.97. The van der Waals surface area contributed by atoms with Gasteiger partial charge in [0.1, 0.15) is 5.82 Å². The summed E-state index contributed by atoms with van der Waals surface area (Å²) in [6, 6.07) is 6.07. The molecule has 2 rings (SSSR count). The zero-order valence-corrected chi connectivity index (χ0v) is 8.57. The van der Waals surface area contributed by atoms with E-state index in [1.807, 2.05) is 6.92 Å². The second-order valence-electron chi connectivity index (χ2n) is 3.96. The van der Waals surface area contributed by atoms with Crippen molar-refractivity contribution in [2.24, 2.45) is 5.92 Å². The lowest BCUT2D eigenvalue weighted by atomic mass is 9.84. The van der Waals surface area contributed by atoms with Crippen molar-refractivity contribution < 1.29 is 13.9 Å². The monoisotopic (exact) mass is 208 g/mol. The van der Waals surface area contributed by atoms with Gasteiger partial charge in [-0.15, -0.1) is 0 Å². The molecule has 1 aromatic rings. The Morgan fingerprint density at radius 1 is 1.33 bits per heavy atom. The summed E-state index contributed by atoms with van der Waals surface area (Å²) in [4.78, 5) is 11.6. The molecule has 80 valence electrons. The highest BCUT2D eigenvalue weighted by molar-refractivity contribution is 5.79. The van der Waals surface area contributed by atoms with E-state index >= 15 is 0 Å². The highest BCUT2D eigenvalue weighted by Gasteiger charge is 2.31. The molecule has 0 bridgehead atoms. The Hall–Kier alpha value is -1.38. The van der Waals surface area contributed by atoms with Crippen molar-refractivity contribution in [3.8, 4) is 0 Å². The summed E-state index contributed by atoms with van der Waals surface area (Å²) < 4.78 is 17.7. The van der Waals surface area contributed by atoms with Crippen molar-refractivity contribution in [3.05, 3.63) is 35.6 Å². The molecule has 15 heavy (non-hydrogen) atoms. The third-order valence-corrected chi connectivity index (χ3v) is 2.87. The molecule has 0 N–H and O–H groups in total. The van der Waals surface area contributed by atoms with Gasteiger partial charge >= 0.3 is 5.97 Å². The molecule has 1 aliphatic rings. The van der Waals surface area contributed by atoms with Crippen LogP contribution in [0.25, 0.3) is 0 Å². The maximum absolute atomic E-state index is 12.7. The Morgan fingerprint density at radius 3 is 2.60 bits per heavy atom. The van der Waals surface area contributed by atoms with Crippen molar-refractivity contribution in [2.45, 2.75) is 19.3 Å². The molecule has 1 aliphatic heterocycles. The lowest BCUT2D eigenvalue weighted by Crippen LogP contribution is -2.29. The predicted molar refractivity (Wildman–Crippen MR) is 53.9 cm³/mol. The number of esters is 1. The quantitative estimate of drug-likeness (QED) is 0.663. The van der Waals surface area contributed by atoms with Crippen LogP contribution in [0.2, 0.25) is 0 Å². The number of cyclic esters (lactones) is 1. The summed E-state index contributed by atoms with van der Waals surface area (Å²) in [6.45, 7) is 2.52. The molecular weight excluding hydrogens is 195 g/mol. The van der Waals surface area contributed by atoms with Gasteiger partial charge in [0, 0.05) is 0 Å². The van der Waals surface area contributed by atoms with E-state index < -0.39 is 0 Å². The van der Waals surface area contributed by atoms with Crippen LogP contribution in [-0.4, -0.2) is 12.6 Å². The Morgan fingerprint density at radius 2 is 2.00 bits per heavy atom. The van der Waals surface area contributed by atoms with Gasteiger partial charge in [-0.1, -0.05) is 19.1 Å². The van der Waals surface area contributed by atoms with Crippen LogP contribution in [-0.2, 0) is 9.53 Å². The number of hydrogen-bond acceptors (Lipinski definition) is 2. The molecule has 0 saturated carbocycles. The highest BCUT2D eigenvalue weighted by atomic mass is 19.1. The topological polar surface area (TPSA) is 26.3 Å². The van der Waals surface area contributed by atoms with Crippen LogP contribution in [0, 0.1) is 11.7 Å². The van der Waals surface area contributed by atoms with Crippen molar-refractivity contribution in [2.75, 3.05) is 6.61 Å². The first kappa shape index (κ1) is 10.1. The number of rotatable bonds is 1. The van der Waals surface area contributed by atoms with Crippen LogP contribution in [0.1, 0.15) is 24.8 Å². The predicted octanol–water partition coefficient (Wildman–Crippen LogP) is 2.49. The van der Waals surface area contributed by atoms with Gasteiger partial charge in [-0.05, 0) is 30.0 Å². The number of benzene rings is 1. The molecule has 1 heterocycles. The van der Waals surface area contributed by atoms with Crippen molar-refractivity contribution in [1.29, 1.82) is 0 Å². The van der Waals surface area contributed by atoms with E-state index in [1.165, 1.54) is 12.1 Å². The van der Waals surface area contributed by atoms with Crippen molar-refractivity contribution in [1.82, 2.24) is 0 Å². The molecule has 0 aliphatic carbocycles. The molecule has 0 unspecified atom stereocenters. The normalized spacial score (nSPS) is 26.1. The average molecular weight is 208 g/mol. The van der Waals surface area contributed by atoms with Crippen LogP contribution >= 0.6 is 0 Å². The van der Waals surface area contributed by atoms with Gasteiger partial charge in [0.15, 0.2) is 0 Å².